The summed E-state index contributed by atoms with van der Waals surface area (Å²) >= 11 is 0. The van der Waals surface area contributed by atoms with Gasteiger partial charge in [0.2, 0.25) is 0 Å². The van der Waals surface area contributed by atoms with E-state index in [0.717, 1.165) is 33.9 Å². The van der Waals surface area contributed by atoms with Crippen molar-refractivity contribution in [1.82, 2.24) is 15.0 Å². The third-order valence-corrected chi connectivity index (χ3v) is 6.13. The number of rotatable bonds is 4. The monoisotopic (exact) mass is 682 g/mol. The topological polar surface area (TPSA) is 38.7 Å². The molecule has 3 nitrogen and oxygen atoms in total. The van der Waals surface area contributed by atoms with Crippen LogP contribution in [0, 0.1) is 26.0 Å². The molecule has 1 radical (unpaired) electrons. The second kappa shape index (κ2) is 13.5. The van der Waals surface area contributed by atoms with Gasteiger partial charge >= 0.3 is 0 Å². The number of hydrogen-bond donors (Lipinski definition) is 0. The van der Waals surface area contributed by atoms with Crippen LogP contribution in [0.3, 0.4) is 0 Å². The number of nitrogens with zero attached hydrogens (tertiary/aromatic N) is 3. The first-order chi connectivity index (χ1) is 18.7. The molecule has 6 rings (SSSR count). The van der Waals surface area contributed by atoms with Crippen LogP contribution in [-0.4, -0.2) is 15.0 Å². The Hall–Kier alpha value is -4.24. The molecule has 0 spiro atoms. The van der Waals surface area contributed by atoms with Crippen molar-refractivity contribution in [3.8, 4) is 44.9 Å². The Kier molecular flexibility index (Phi) is 9.63. The molecule has 0 aliphatic carbocycles. The summed E-state index contributed by atoms with van der Waals surface area (Å²) < 4.78 is 0. The van der Waals surface area contributed by atoms with Gasteiger partial charge in [0, 0.05) is 43.8 Å². The van der Waals surface area contributed by atoms with Gasteiger partial charge in [-0.3, -0.25) is 9.97 Å². The molecule has 0 atom stereocenters. The van der Waals surface area contributed by atoms with Gasteiger partial charge in [0.15, 0.2) is 0 Å². The van der Waals surface area contributed by atoms with Gasteiger partial charge < -0.3 is 4.98 Å². The van der Waals surface area contributed by atoms with Crippen molar-refractivity contribution in [3.63, 3.8) is 0 Å². The van der Waals surface area contributed by atoms with Gasteiger partial charge in [-0.15, -0.1) is 71.3 Å². The maximum absolute atomic E-state index is 4.55. The number of pyridine rings is 1. The zero-order valence-electron chi connectivity index (χ0n) is 21.8. The van der Waals surface area contributed by atoms with Gasteiger partial charge in [0.1, 0.15) is 0 Å². The Bertz CT molecular complexity index is 1620. The van der Waals surface area contributed by atoms with Gasteiger partial charge in [0.05, 0.1) is 5.82 Å². The molecule has 0 aliphatic heterocycles. The fourth-order valence-corrected chi connectivity index (χ4v) is 4.16. The van der Waals surface area contributed by atoms with Crippen LogP contribution in [0.5, 0.6) is 0 Å². The minimum absolute atomic E-state index is 0. The van der Waals surface area contributed by atoms with E-state index in [0.29, 0.717) is 0 Å². The second-order valence-corrected chi connectivity index (χ2v) is 8.91. The molecule has 6 aromatic rings. The van der Waals surface area contributed by atoms with E-state index in [-0.39, 0.29) is 20.1 Å². The van der Waals surface area contributed by atoms with Crippen LogP contribution in [0.2, 0.25) is 0 Å². The third-order valence-electron chi connectivity index (χ3n) is 6.13. The molecule has 0 N–H and O–H groups in total. The summed E-state index contributed by atoms with van der Waals surface area (Å²) in [6, 6.07) is 45.0. The Morgan fingerprint density at radius 1 is 0.590 bits per heavy atom. The largest absolute Gasteiger partial charge is 0.304 e. The summed E-state index contributed by atoms with van der Waals surface area (Å²) in [6.45, 7) is 4.09. The molecule has 0 bridgehead atoms. The average Bonchev–Trinajstić information content (AvgIpc) is 2.99. The molecule has 0 saturated heterocycles. The van der Waals surface area contributed by atoms with E-state index >= 15 is 0 Å². The molecule has 0 aliphatic rings. The van der Waals surface area contributed by atoms with Crippen molar-refractivity contribution in [2.75, 3.05) is 0 Å². The van der Waals surface area contributed by atoms with Crippen molar-refractivity contribution in [3.05, 3.63) is 151 Å². The molecule has 0 fully saturated rings. The predicted molar refractivity (Wildman–Crippen MR) is 155 cm³/mol. The summed E-state index contributed by atoms with van der Waals surface area (Å²) in [7, 11) is 0. The molecular weight excluding hydrogens is 655 g/mol. The van der Waals surface area contributed by atoms with Gasteiger partial charge in [-0.05, 0) is 42.3 Å². The first kappa shape index (κ1) is 27.8. The number of hydrogen-bond acceptors (Lipinski definition) is 3. The summed E-state index contributed by atoms with van der Waals surface area (Å²) in [5.74, 6) is 0.720. The molecule has 4 heteroatoms. The molecule has 0 unspecified atom stereocenters. The summed E-state index contributed by atoms with van der Waals surface area (Å²) in [4.78, 5) is 13.3. The molecular formula is C35H27IrN3-2. The third kappa shape index (κ3) is 7.20. The first-order valence-corrected chi connectivity index (χ1v) is 12.5. The maximum atomic E-state index is 4.55. The van der Waals surface area contributed by atoms with E-state index in [1.54, 1.807) is 6.20 Å². The van der Waals surface area contributed by atoms with Gasteiger partial charge in [0.25, 0.3) is 0 Å². The van der Waals surface area contributed by atoms with Crippen LogP contribution in [0.25, 0.3) is 44.9 Å². The quantitative estimate of drug-likeness (QED) is 0.175. The predicted octanol–water partition coefficient (Wildman–Crippen LogP) is 8.44. The molecule has 2 heterocycles. The summed E-state index contributed by atoms with van der Waals surface area (Å²) in [6.07, 6.45) is 3.72. The minimum Gasteiger partial charge on any atom is -0.304 e. The SMILES string of the molecule is Cc1cc(-c2[c-]cccc2)ncc1-c1ccccc1.Cc1ccnc(-c2[c-]ccc(-c3ccccc3)c2)n1.[Ir]. The second-order valence-electron chi connectivity index (χ2n) is 8.91. The van der Waals surface area contributed by atoms with Crippen LogP contribution in [0.4, 0.5) is 0 Å². The van der Waals surface area contributed by atoms with E-state index in [4.69, 9.17) is 0 Å². The van der Waals surface area contributed by atoms with E-state index in [9.17, 15) is 0 Å². The van der Waals surface area contributed by atoms with Crippen molar-refractivity contribution in [2.24, 2.45) is 0 Å². The van der Waals surface area contributed by atoms with E-state index in [2.05, 4.69) is 76.5 Å². The van der Waals surface area contributed by atoms with Gasteiger partial charge in [-0.2, -0.15) is 0 Å². The standard InChI is InChI=1S/C18H14N.C17H13N2.Ir/c1-14-12-18(16-10-6-3-7-11-16)19-13-17(14)15-8-4-2-5-9-15;1-13-10-11-18-17(19-13)16-9-5-8-15(12-16)14-6-3-2-4-7-14;/h2-10,12-13H,1H3;2-8,10-12H,1H3;/q2*-1;. The average molecular weight is 682 g/mol. The summed E-state index contributed by atoms with van der Waals surface area (Å²) in [5.41, 5.74) is 9.84. The molecule has 2 aromatic heterocycles. The zero-order chi connectivity index (χ0) is 26.2. The van der Waals surface area contributed by atoms with Crippen molar-refractivity contribution in [2.45, 2.75) is 13.8 Å². The van der Waals surface area contributed by atoms with E-state index < -0.39 is 0 Å². The normalized spacial score (nSPS) is 10.1. The smallest absolute Gasteiger partial charge is 0.0751 e. The van der Waals surface area contributed by atoms with Crippen LogP contribution in [0.15, 0.2) is 128 Å². The number of benzene rings is 4. The minimum atomic E-state index is 0. The summed E-state index contributed by atoms with van der Waals surface area (Å²) in [5, 5.41) is 0. The fraction of sp³-hybridized carbons (Fsp3) is 0.0571. The molecule has 39 heavy (non-hydrogen) atoms. The van der Waals surface area contributed by atoms with Gasteiger partial charge in [-0.1, -0.05) is 66.7 Å². The first-order valence-electron chi connectivity index (χ1n) is 12.5. The molecule has 4 aromatic carbocycles. The number of aryl methyl sites for hydroxylation is 2. The van der Waals surface area contributed by atoms with Crippen LogP contribution >= 0.6 is 0 Å². The van der Waals surface area contributed by atoms with E-state index in [1.807, 2.05) is 85.9 Å². The molecule has 193 valence electrons. The van der Waals surface area contributed by atoms with Crippen molar-refractivity contribution >= 4 is 0 Å². The fourth-order valence-electron chi connectivity index (χ4n) is 4.16. The van der Waals surface area contributed by atoms with Crippen molar-refractivity contribution < 1.29 is 20.1 Å². The van der Waals surface area contributed by atoms with Crippen LogP contribution in [0.1, 0.15) is 11.3 Å². The zero-order valence-corrected chi connectivity index (χ0v) is 24.2. The Balaban J connectivity index is 0.000000176. The number of aromatic nitrogens is 3. The maximum Gasteiger partial charge on any atom is 0.0751 e. The molecule has 0 saturated carbocycles. The van der Waals surface area contributed by atoms with Crippen LogP contribution in [-0.2, 0) is 20.1 Å². The van der Waals surface area contributed by atoms with Gasteiger partial charge in [-0.25, -0.2) is 0 Å². The Morgan fingerprint density at radius 3 is 1.95 bits per heavy atom. The molecule has 0 amide bonds. The van der Waals surface area contributed by atoms with Crippen molar-refractivity contribution in [1.29, 1.82) is 0 Å². The van der Waals surface area contributed by atoms with Crippen LogP contribution < -0.4 is 0 Å². The Labute approximate surface area is 244 Å². The Morgan fingerprint density at radius 2 is 1.28 bits per heavy atom. The van der Waals surface area contributed by atoms with E-state index in [1.165, 1.54) is 22.3 Å².